The zero-order chi connectivity index (χ0) is 19.2. The van der Waals surface area contributed by atoms with Crippen molar-refractivity contribution in [1.29, 1.82) is 0 Å². The minimum atomic E-state index is -0.453. The number of nitrogens with zero attached hydrogens (tertiary/aromatic N) is 2. The first-order valence-corrected chi connectivity index (χ1v) is 9.42. The molecule has 0 aliphatic heterocycles. The third kappa shape index (κ3) is 5.59. The SMILES string of the molecule is O=C(CSc1n[nH]c(COc2ccccc2F)n1)Nc1ccc(Cl)c(Cl)c1. The summed E-state index contributed by atoms with van der Waals surface area (Å²) in [7, 11) is 0. The maximum absolute atomic E-state index is 13.5. The normalized spacial score (nSPS) is 10.6. The number of rotatable bonds is 7. The summed E-state index contributed by atoms with van der Waals surface area (Å²) in [6.07, 6.45) is 0. The van der Waals surface area contributed by atoms with Crippen molar-refractivity contribution < 1.29 is 13.9 Å². The highest BCUT2D eigenvalue weighted by Gasteiger charge is 2.10. The highest BCUT2D eigenvalue weighted by molar-refractivity contribution is 7.99. The number of hydrogen-bond acceptors (Lipinski definition) is 5. The second kappa shape index (κ2) is 9.07. The maximum Gasteiger partial charge on any atom is 0.234 e. The second-order valence-corrected chi connectivity index (χ2v) is 7.01. The summed E-state index contributed by atoms with van der Waals surface area (Å²) in [4.78, 5) is 16.2. The number of thioether (sulfide) groups is 1. The number of para-hydroxylation sites is 1. The maximum atomic E-state index is 13.5. The van der Waals surface area contributed by atoms with Gasteiger partial charge >= 0.3 is 0 Å². The van der Waals surface area contributed by atoms with Crippen LogP contribution in [-0.2, 0) is 11.4 Å². The van der Waals surface area contributed by atoms with Crippen LogP contribution in [0.4, 0.5) is 10.1 Å². The van der Waals surface area contributed by atoms with Crippen LogP contribution in [0.1, 0.15) is 5.82 Å². The Kier molecular flexibility index (Phi) is 6.54. The van der Waals surface area contributed by atoms with Crippen LogP contribution in [0, 0.1) is 5.82 Å². The summed E-state index contributed by atoms with van der Waals surface area (Å²) in [5.74, 6) is -0.0428. The van der Waals surface area contributed by atoms with Crippen LogP contribution in [0.3, 0.4) is 0 Å². The molecule has 0 fully saturated rings. The Hall–Kier alpha value is -2.29. The molecular weight excluding hydrogens is 414 g/mol. The number of H-pyrrole nitrogens is 1. The molecule has 2 aromatic carbocycles. The summed E-state index contributed by atoms with van der Waals surface area (Å²) in [5.41, 5.74) is 0.545. The van der Waals surface area contributed by atoms with Gasteiger partial charge in [-0.2, -0.15) is 0 Å². The van der Waals surface area contributed by atoms with Gasteiger partial charge in [-0.15, -0.1) is 5.10 Å². The van der Waals surface area contributed by atoms with Crippen LogP contribution in [0.25, 0.3) is 0 Å². The topological polar surface area (TPSA) is 79.9 Å². The van der Waals surface area contributed by atoms with Crippen molar-refractivity contribution in [3.05, 3.63) is 64.2 Å². The lowest BCUT2D eigenvalue weighted by molar-refractivity contribution is -0.113. The van der Waals surface area contributed by atoms with E-state index in [1.165, 1.54) is 12.1 Å². The van der Waals surface area contributed by atoms with Gasteiger partial charge in [0.05, 0.1) is 15.8 Å². The molecule has 0 unspecified atom stereocenters. The Morgan fingerprint density at radius 2 is 2.04 bits per heavy atom. The van der Waals surface area contributed by atoms with Crippen molar-refractivity contribution in [1.82, 2.24) is 15.2 Å². The number of aromatic nitrogens is 3. The van der Waals surface area contributed by atoms with E-state index in [0.717, 1.165) is 11.8 Å². The van der Waals surface area contributed by atoms with Gasteiger partial charge in [-0.05, 0) is 30.3 Å². The lowest BCUT2D eigenvalue weighted by Crippen LogP contribution is -2.14. The predicted molar refractivity (Wildman–Crippen MR) is 103 cm³/mol. The van der Waals surface area contributed by atoms with Crippen LogP contribution in [0.15, 0.2) is 47.6 Å². The highest BCUT2D eigenvalue weighted by atomic mass is 35.5. The Morgan fingerprint density at radius 3 is 2.81 bits per heavy atom. The number of carbonyl (C=O) groups is 1. The van der Waals surface area contributed by atoms with E-state index in [-0.39, 0.29) is 24.0 Å². The van der Waals surface area contributed by atoms with Crippen molar-refractivity contribution in [2.45, 2.75) is 11.8 Å². The first kappa shape index (κ1) is 19.5. The minimum absolute atomic E-state index is 0.0317. The van der Waals surface area contributed by atoms with E-state index in [0.29, 0.717) is 26.7 Å². The molecule has 140 valence electrons. The van der Waals surface area contributed by atoms with Crippen LogP contribution in [-0.4, -0.2) is 26.8 Å². The Balaban J connectivity index is 1.48. The lowest BCUT2D eigenvalue weighted by atomic mass is 10.3. The zero-order valence-corrected chi connectivity index (χ0v) is 16.0. The Morgan fingerprint density at radius 1 is 1.22 bits per heavy atom. The van der Waals surface area contributed by atoms with Crippen LogP contribution in [0.2, 0.25) is 10.0 Å². The molecule has 3 aromatic rings. The van der Waals surface area contributed by atoms with Crippen molar-refractivity contribution in [2.24, 2.45) is 0 Å². The first-order chi connectivity index (χ1) is 13.0. The molecular formula is C17H13Cl2FN4O2S. The summed E-state index contributed by atoms with van der Waals surface area (Å²) in [6, 6.07) is 10.9. The molecule has 0 radical (unpaired) electrons. The van der Waals surface area contributed by atoms with E-state index in [1.807, 2.05) is 0 Å². The fourth-order valence-corrected chi connectivity index (χ4v) is 2.93. The smallest absolute Gasteiger partial charge is 0.234 e. The van der Waals surface area contributed by atoms with Gasteiger partial charge in [0.15, 0.2) is 17.4 Å². The van der Waals surface area contributed by atoms with Crippen molar-refractivity contribution in [3.63, 3.8) is 0 Å². The second-order valence-electron chi connectivity index (χ2n) is 5.25. The molecule has 0 aliphatic rings. The Labute approximate surface area is 168 Å². The molecule has 3 rings (SSSR count). The van der Waals surface area contributed by atoms with E-state index in [1.54, 1.807) is 30.3 Å². The molecule has 6 nitrogen and oxygen atoms in total. The molecule has 27 heavy (non-hydrogen) atoms. The lowest BCUT2D eigenvalue weighted by Gasteiger charge is -2.05. The van der Waals surface area contributed by atoms with Gasteiger partial charge in [-0.25, -0.2) is 9.37 Å². The van der Waals surface area contributed by atoms with Gasteiger partial charge < -0.3 is 10.1 Å². The van der Waals surface area contributed by atoms with Gasteiger partial charge in [-0.1, -0.05) is 47.1 Å². The number of aromatic amines is 1. The van der Waals surface area contributed by atoms with Crippen LogP contribution >= 0.6 is 35.0 Å². The average molecular weight is 427 g/mol. The number of benzene rings is 2. The van der Waals surface area contributed by atoms with E-state index in [9.17, 15) is 9.18 Å². The monoisotopic (exact) mass is 426 g/mol. The summed E-state index contributed by atoms with van der Waals surface area (Å²) in [5, 5.41) is 10.5. The summed E-state index contributed by atoms with van der Waals surface area (Å²) >= 11 is 12.9. The van der Waals surface area contributed by atoms with Crippen molar-refractivity contribution in [3.8, 4) is 5.75 Å². The molecule has 1 aromatic heterocycles. The van der Waals surface area contributed by atoms with E-state index in [2.05, 4.69) is 20.5 Å². The molecule has 2 N–H and O–H groups in total. The molecule has 0 atom stereocenters. The van der Waals surface area contributed by atoms with Crippen molar-refractivity contribution in [2.75, 3.05) is 11.1 Å². The molecule has 0 spiro atoms. The van der Waals surface area contributed by atoms with Gasteiger partial charge in [0.2, 0.25) is 11.1 Å². The Bertz CT molecular complexity index is 954. The quantitative estimate of drug-likeness (QED) is 0.541. The fraction of sp³-hybridized carbons (Fsp3) is 0.118. The first-order valence-electron chi connectivity index (χ1n) is 7.67. The number of ether oxygens (including phenoxy) is 1. The number of hydrogen-bond donors (Lipinski definition) is 2. The standard InChI is InChI=1S/C17H13Cl2FN4O2S/c18-11-6-5-10(7-12(11)19)21-16(25)9-27-17-22-15(23-24-17)8-26-14-4-2-1-3-13(14)20/h1-7H,8-9H2,(H,21,25)(H,22,23,24). The highest BCUT2D eigenvalue weighted by Crippen LogP contribution is 2.25. The minimum Gasteiger partial charge on any atom is -0.483 e. The van der Waals surface area contributed by atoms with Crippen LogP contribution in [0.5, 0.6) is 5.75 Å². The molecule has 0 aliphatic carbocycles. The molecule has 0 saturated carbocycles. The predicted octanol–water partition coefficient (Wildman–Crippen LogP) is 4.56. The zero-order valence-electron chi connectivity index (χ0n) is 13.7. The molecule has 1 amide bonds. The number of nitrogens with one attached hydrogen (secondary N) is 2. The van der Waals surface area contributed by atoms with E-state index >= 15 is 0 Å². The number of carbonyl (C=O) groups excluding carboxylic acids is 1. The molecule has 0 saturated heterocycles. The number of amides is 1. The van der Waals surface area contributed by atoms with Crippen LogP contribution < -0.4 is 10.1 Å². The van der Waals surface area contributed by atoms with Gasteiger partial charge in [-0.3, -0.25) is 9.89 Å². The third-order valence-corrected chi connectivity index (χ3v) is 4.83. The number of anilines is 1. The molecule has 0 bridgehead atoms. The molecule has 10 heteroatoms. The number of halogens is 3. The largest absolute Gasteiger partial charge is 0.483 e. The van der Waals surface area contributed by atoms with E-state index < -0.39 is 5.82 Å². The van der Waals surface area contributed by atoms with Gasteiger partial charge in [0.25, 0.3) is 0 Å². The average Bonchev–Trinajstić information content (AvgIpc) is 3.10. The van der Waals surface area contributed by atoms with Crippen molar-refractivity contribution >= 4 is 46.6 Å². The van der Waals surface area contributed by atoms with E-state index in [4.69, 9.17) is 27.9 Å². The summed E-state index contributed by atoms with van der Waals surface area (Å²) < 4.78 is 18.8. The van der Waals surface area contributed by atoms with Gasteiger partial charge in [0, 0.05) is 5.69 Å². The fourth-order valence-electron chi connectivity index (χ4n) is 2.02. The van der Waals surface area contributed by atoms with Gasteiger partial charge in [0.1, 0.15) is 6.61 Å². The molecule has 1 heterocycles. The summed E-state index contributed by atoms with van der Waals surface area (Å²) in [6.45, 7) is 0.0317. The third-order valence-electron chi connectivity index (χ3n) is 3.25.